The summed E-state index contributed by atoms with van der Waals surface area (Å²) in [5.74, 6) is -5.23. The van der Waals surface area contributed by atoms with Gasteiger partial charge < -0.3 is 5.11 Å². The van der Waals surface area contributed by atoms with Crippen LogP contribution < -0.4 is 0 Å². The zero-order valence-corrected chi connectivity index (χ0v) is 8.36. The molecule has 0 heterocycles. The highest BCUT2D eigenvalue weighted by Gasteiger charge is 2.38. The molecule has 0 aliphatic carbocycles. The molecule has 0 spiro atoms. The minimum absolute atomic E-state index is 0.0605. The zero-order chi connectivity index (χ0) is 13.3. The Hall–Kier alpha value is -1.24. The molecule has 0 unspecified atom stereocenters. The van der Waals surface area contributed by atoms with Gasteiger partial charge in [-0.25, -0.2) is 13.2 Å². The molecule has 1 aromatic rings. The maximum absolute atomic E-state index is 13.2. The first-order valence-corrected chi connectivity index (χ1v) is 4.54. The Balaban J connectivity index is 3.22. The molecule has 17 heavy (non-hydrogen) atoms. The number of hydrogen-bond acceptors (Lipinski definition) is 1. The highest BCUT2D eigenvalue weighted by molar-refractivity contribution is 5.30. The van der Waals surface area contributed by atoms with Crippen molar-refractivity contribution in [2.45, 2.75) is 18.5 Å². The molecule has 0 amide bonds. The molecule has 0 fully saturated rings. The molecule has 1 N–H and O–H groups in total. The van der Waals surface area contributed by atoms with E-state index in [0.717, 1.165) is 0 Å². The smallest absolute Gasteiger partial charge is 0.396 e. The van der Waals surface area contributed by atoms with Crippen LogP contribution in [0.15, 0.2) is 18.2 Å². The van der Waals surface area contributed by atoms with Crippen LogP contribution >= 0.6 is 0 Å². The molecule has 0 bridgehead atoms. The van der Waals surface area contributed by atoms with Crippen molar-refractivity contribution < 1.29 is 31.4 Å². The Morgan fingerprint density at radius 1 is 1.06 bits per heavy atom. The van der Waals surface area contributed by atoms with Crippen molar-refractivity contribution in [1.29, 1.82) is 0 Å². The average Bonchev–Trinajstić information content (AvgIpc) is 2.15. The molecule has 0 saturated carbocycles. The van der Waals surface area contributed by atoms with Crippen molar-refractivity contribution in [3.8, 4) is 0 Å². The fraction of sp³-hybridized carbons (Fsp3) is 0.400. The fourth-order valence-corrected chi connectivity index (χ4v) is 1.25. The highest BCUT2D eigenvalue weighted by atomic mass is 19.4. The average molecular weight is 258 g/mol. The summed E-state index contributed by atoms with van der Waals surface area (Å²) in [5, 5.41) is 8.37. The first-order valence-electron chi connectivity index (χ1n) is 4.54. The van der Waals surface area contributed by atoms with Gasteiger partial charge in [-0.3, -0.25) is 0 Å². The number of halogens is 6. The van der Waals surface area contributed by atoms with Crippen LogP contribution in [0.25, 0.3) is 0 Å². The lowest BCUT2D eigenvalue weighted by atomic mass is 10.0. The lowest BCUT2D eigenvalue weighted by Crippen LogP contribution is -2.17. The molecule has 96 valence electrons. The molecule has 0 aliphatic rings. The van der Waals surface area contributed by atoms with E-state index in [1.54, 1.807) is 0 Å². The summed E-state index contributed by atoms with van der Waals surface area (Å²) in [4.78, 5) is 0. The zero-order valence-electron chi connectivity index (χ0n) is 8.36. The molecule has 0 radical (unpaired) electrons. The van der Waals surface area contributed by atoms with Gasteiger partial charge in [0, 0.05) is 18.6 Å². The van der Waals surface area contributed by atoms with Crippen LogP contribution in [0.3, 0.4) is 0 Å². The number of aliphatic hydroxyl groups excluding tert-OH is 1. The summed E-state index contributed by atoms with van der Waals surface area (Å²) < 4.78 is 76.0. The lowest BCUT2D eigenvalue weighted by molar-refractivity contribution is -0.140. The van der Waals surface area contributed by atoms with Crippen LogP contribution in [-0.2, 0) is 12.1 Å². The second-order valence-corrected chi connectivity index (χ2v) is 3.37. The van der Waals surface area contributed by atoms with Crippen LogP contribution in [0.2, 0.25) is 0 Å². The first kappa shape index (κ1) is 13.8. The predicted molar refractivity (Wildman–Crippen MR) is 47.0 cm³/mol. The molecule has 0 aromatic heterocycles. The van der Waals surface area contributed by atoms with E-state index in [2.05, 4.69) is 0 Å². The second-order valence-electron chi connectivity index (χ2n) is 3.37. The van der Waals surface area contributed by atoms with Gasteiger partial charge in [0.05, 0.1) is 5.56 Å². The van der Waals surface area contributed by atoms with Crippen LogP contribution in [0.4, 0.5) is 26.3 Å². The quantitative estimate of drug-likeness (QED) is 0.824. The van der Waals surface area contributed by atoms with E-state index in [1.165, 1.54) is 0 Å². The summed E-state index contributed by atoms with van der Waals surface area (Å²) >= 11 is 0. The van der Waals surface area contributed by atoms with E-state index in [9.17, 15) is 26.3 Å². The van der Waals surface area contributed by atoms with Gasteiger partial charge in [0.15, 0.2) is 0 Å². The lowest BCUT2D eigenvalue weighted by Gasteiger charge is -2.17. The van der Waals surface area contributed by atoms with Gasteiger partial charge in [0.1, 0.15) is 5.82 Å². The van der Waals surface area contributed by atoms with E-state index in [0.29, 0.717) is 12.1 Å². The van der Waals surface area contributed by atoms with Gasteiger partial charge in [-0.05, 0) is 12.1 Å². The monoisotopic (exact) mass is 258 g/mol. The predicted octanol–water partition coefficient (Wildman–Crippen LogP) is 3.32. The van der Waals surface area contributed by atoms with Crippen LogP contribution in [0.5, 0.6) is 0 Å². The van der Waals surface area contributed by atoms with Crippen molar-refractivity contribution in [3.05, 3.63) is 35.1 Å². The van der Waals surface area contributed by atoms with Crippen LogP contribution in [0, 0.1) is 5.82 Å². The number of alkyl halides is 5. The molecule has 0 atom stereocenters. The molecule has 1 aromatic carbocycles. The minimum Gasteiger partial charge on any atom is -0.396 e. The third-order valence-electron chi connectivity index (χ3n) is 2.12. The van der Waals surface area contributed by atoms with Gasteiger partial charge in [0.2, 0.25) is 0 Å². The molecular formula is C10H8F6O. The van der Waals surface area contributed by atoms with E-state index in [1.807, 2.05) is 0 Å². The Morgan fingerprint density at radius 2 is 1.65 bits per heavy atom. The summed E-state index contributed by atoms with van der Waals surface area (Å²) in [6, 6.07) is 0.967. The second kappa shape index (κ2) is 4.56. The SMILES string of the molecule is OCCC(F)(F)c1ccc(F)c(C(F)(F)F)c1. The Labute approximate surface area is 92.7 Å². The minimum atomic E-state index is -5.03. The van der Waals surface area contributed by atoms with Crippen molar-refractivity contribution in [3.63, 3.8) is 0 Å². The Morgan fingerprint density at radius 3 is 2.12 bits per heavy atom. The van der Waals surface area contributed by atoms with Gasteiger partial charge in [-0.1, -0.05) is 6.07 Å². The third kappa shape index (κ3) is 3.12. The fourth-order valence-electron chi connectivity index (χ4n) is 1.25. The highest BCUT2D eigenvalue weighted by Crippen LogP contribution is 2.37. The first-order chi connectivity index (χ1) is 7.68. The van der Waals surface area contributed by atoms with Gasteiger partial charge in [0.25, 0.3) is 5.92 Å². The Bertz CT molecular complexity index is 398. The van der Waals surface area contributed by atoms with Gasteiger partial charge in [-0.15, -0.1) is 0 Å². The van der Waals surface area contributed by atoms with Crippen LogP contribution in [0.1, 0.15) is 17.5 Å². The van der Waals surface area contributed by atoms with Crippen molar-refractivity contribution in [2.75, 3.05) is 6.61 Å². The summed E-state index contributed by atoms with van der Waals surface area (Å²) in [7, 11) is 0. The summed E-state index contributed by atoms with van der Waals surface area (Å²) in [5.41, 5.74) is -2.71. The van der Waals surface area contributed by atoms with Crippen molar-refractivity contribution >= 4 is 0 Å². The van der Waals surface area contributed by atoms with E-state index in [4.69, 9.17) is 5.11 Å². The third-order valence-corrected chi connectivity index (χ3v) is 2.12. The molecule has 1 rings (SSSR count). The van der Waals surface area contributed by atoms with E-state index in [-0.39, 0.29) is 6.07 Å². The van der Waals surface area contributed by atoms with Crippen molar-refractivity contribution in [2.24, 2.45) is 0 Å². The summed E-state index contributed by atoms with van der Waals surface area (Å²) in [6.45, 7) is -0.883. The number of rotatable bonds is 3. The molecular weight excluding hydrogens is 250 g/mol. The maximum Gasteiger partial charge on any atom is 0.419 e. The molecule has 0 aliphatic heterocycles. The topological polar surface area (TPSA) is 20.2 Å². The van der Waals surface area contributed by atoms with Crippen molar-refractivity contribution in [1.82, 2.24) is 0 Å². The van der Waals surface area contributed by atoms with Gasteiger partial charge in [-0.2, -0.15) is 13.2 Å². The van der Waals surface area contributed by atoms with Gasteiger partial charge >= 0.3 is 6.18 Å². The molecule has 1 nitrogen and oxygen atoms in total. The molecule has 7 heteroatoms. The largest absolute Gasteiger partial charge is 0.419 e. The van der Waals surface area contributed by atoms with Crippen LogP contribution in [-0.4, -0.2) is 11.7 Å². The van der Waals surface area contributed by atoms with E-state index < -0.39 is 42.1 Å². The standard InChI is InChI=1S/C10H8F6O/c11-8-2-1-6(9(12,13)3-4-17)5-7(8)10(14,15)16/h1-2,5,17H,3-4H2. The number of hydrogen-bond donors (Lipinski definition) is 1. The summed E-state index contributed by atoms with van der Waals surface area (Å²) in [6.07, 6.45) is -6.05. The van der Waals surface area contributed by atoms with E-state index >= 15 is 0 Å². The molecule has 0 saturated heterocycles. The Kier molecular flexibility index (Phi) is 3.71. The number of benzene rings is 1. The normalized spacial score (nSPS) is 12.9. The maximum atomic E-state index is 13.2. The number of aliphatic hydroxyl groups is 1.